The third-order valence-corrected chi connectivity index (χ3v) is 3.10. The van der Waals surface area contributed by atoms with Gasteiger partial charge in [0.1, 0.15) is 0 Å². The SMILES string of the molecule is C[C-]=CC.C[C]1C(C)=C(C)C(C)=C1C.[C-]#[O+].[C-]#[O+].[W]. The molecule has 0 saturated carbocycles. The molecule has 1 rings (SSSR count). The third-order valence-electron chi connectivity index (χ3n) is 3.10. The van der Waals surface area contributed by atoms with Crippen LogP contribution in [-0.4, -0.2) is 0 Å². The van der Waals surface area contributed by atoms with Gasteiger partial charge in [0, 0.05) is 27.0 Å². The van der Waals surface area contributed by atoms with Gasteiger partial charge in [-0.25, -0.2) is 0 Å². The van der Waals surface area contributed by atoms with Crippen LogP contribution in [-0.2, 0) is 30.4 Å². The summed E-state index contributed by atoms with van der Waals surface area (Å²) >= 11 is 0. The molecule has 105 valence electrons. The second-order valence-electron chi connectivity index (χ2n) is 3.70. The first-order chi connectivity index (χ1) is 8.47. The predicted octanol–water partition coefficient (Wildman–Crippen LogP) is 4.58. The van der Waals surface area contributed by atoms with E-state index in [-0.39, 0.29) is 21.1 Å². The van der Waals surface area contributed by atoms with E-state index in [1.54, 1.807) is 0 Å². The van der Waals surface area contributed by atoms with Crippen molar-refractivity contribution in [3.05, 3.63) is 53.7 Å². The van der Waals surface area contributed by atoms with Crippen LogP contribution in [0.3, 0.4) is 0 Å². The van der Waals surface area contributed by atoms with Gasteiger partial charge < -0.3 is 6.08 Å². The second-order valence-corrected chi connectivity index (χ2v) is 3.70. The minimum atomic E-state index is 0. The van der Waals surface area contributed by atoms with Crippen molar-refractivity contribution in [2.24, 2.45) is 0 Å². The summed E-state index contributed by atoms with van der Waals surface area (Å²) in [6.07, 6.45) is 4.68. The van der Waals surface area contributed by atoms with Crippen LogP contribution in [0.25, 0.3) is 0 Å². The Hall–Kier alpha value is -0.612. The quantitative estimate of drug-likeness (QED) is 0.399. The maximum atomic E-state index is 7.50. The predicted molar refractivity (Wildman–Crippen MR) is 72.7 cm³/mol. The first-order valence-corrected chi connectivity index (χ1v) is 5.52. The number of hydrogen-bond acceptors (Lipinski definition) is 0. The van der Waals surface area contributed by atoms with Gasteiger partial charge in [0.2, 0.25) is 0 Å². The Bertz CT molecular complexity index is 323. The Morgan fingerprint density at radius 3 is 1.05 bits per heavy atom. The van der Waals surface area contributed by atoms with Gasteiger partial charge in [-0.3, -0.25) is 6.08 Å². The standard InChI is InChI=1S/C10H15.C4H7.2CO.W/c1-6-7(2)9(4)10(5)8(6)3;1-3-4-2;2*1-2;/h1-5H3;3H,1-2H3;;;/q;-1;;;. The van der Waals surface area contributed by atoms with Gasteiger partial charge in [-0.15, -0.1) is 0 Å². The maximum Gasteiger partial charge on any atom is 0 e. The molecule has 0 aromatic heterocycles. The van der Waals surface area contributed by atoms with E-state index < -0.39 is 0 Å². The largest absolute Gasteiger partial charge is 0 e. The average Bonchev–Trinajstić information content (AvgIpc) is 2.61. The minimum Gasteiger partial charge on any atom is 0 e. The molecule has 2 nitrogen and oxygen atoms in total. The topological polar surface area (TPSA) is 39.8 Å². The summed E-state index contributed by atoms with van der Waals surface area (Å²) in [6.45, 7) is 23.8. The molecule has 0 aliphatic heterocycles. The summed E-state index contributed by atoms with van der Waals surface area (Å²) in [5.41, 5.74) is 5.87. The summed E-state index contributed by atoms with van der Waals surface area (Å²) in [5.74, 6) is 1.47. The molecule has 0 aromatic carbocycles. The van der Waals surface area contributed by atoms with Gasteiger partial charge in [-0.1, -0.05) is 25.0 Å². The van der Waals surface area contributed by atoms with E-state index >= 15 is 0 Å². The van der Waals surface area contributed by atoms with Crippen LogP contribution < -0.4 is 0 Å². The molecular weight excluding hydrogens is 408 g/mol. The molecule has 0 aromatic rings. The second kappa shape index (κ2) is 17.4. The van der Waals surface area contributed by atoms with Crippen molar-refractivity contribution < 1.29 is 30.4 Å². The summed E-state index contributed by atoms with van der Waals surface area (Å²) in [4.78, 5) is 0. The van der Waals surface area contributed by atoms with E-state index in [1.807, 2.05) is 19.9 Å². The monoisotopic (exact) mass is 430 g/mol. The normalized spacial score (nSPS) is 13.4. The maximum absolute atomic E-state index is 7.50. The van der Waals surface area contributed by atoms with E-state index in [0.29, 0.717) is 0 Å². The number of rotatable bonds is 0. The first kappa shape index (κ1) is 26.9. The van der Waals surface area contributed by atoms with E-state index in [1.165, 1.54) is 28.2 Å². The molecule has 1 radical (unpaired) electrons. The summed E-state index contributed by atoms with van der Waals surface area (Å²) in [7, 11) is 0. The Morgan fingerprint density at radius 2 is 1.00 bits per heavy atom. The molecule has 0 fully saturated rings. The Kier molecular flexibility index (Phi) is 24.6. The van der Waals surface area contributed by atoms with Crippen molar-refractivity contribution in [2.45, 2.75) is 48.5 Å². The summed E-state index contributed by atoms with van der Waals surface area (Å²) in [6, 6.07) is 0. The molecule has 0 bridgehead atoms. The number of allylic oxidation sites excluding steroid dienone is 6. The Labute approximate surface area is 132 Å². The van der Waals surface area contributed by atoms with Crippen molar-refractivity contribution >= 4 is 0 Å². The van der Waals surface area contributed by atoms with E-state index in [4.69, 9.17) is 9.30 Å². The summed E-state index contributed by atoms with van der Waals surface area (Å²) in [5, 5.41) is 0. The smallest absolute Gasteiger partial charge is 0 e. The fourth-order valence-corrected chi connectivity index (χ4v) is 1.41. The first-order valence-electron chi connectivity index (χ1n) is 5.52. The van der Waals surface area contributed by atoms with Crippen LogP contribution in [0.2, 0.25) is 0 Å². The molecule has 1 aliphatic rings. The van der Waals surface area contributed by atoms with Crippen LogP contribution in [0.5, 0.6) is 0 Å². The summed E-state index contributed by atoms with van der Waals surface area (Å²) < 4.78 is 15.0. The molecule has 0 N–H and O–H groups in total. The van der Waals surface area contributed by atoms with Crippen LogP contribution in [0.1, 0.15) is 48.5 Å². The van der Waals surface area contributed by atoms with E-state index in [9.17, 15) is 0 Å². The molecule has 3 heteroatoms. The van der Waals surface area contributed by atoms with Gasteiger partial charge in [0.25, 0.3) is 0 Å². The van der Waals surface area contributed by atoms with Crippen LogP contribution in [0.4, 0.5) is 0 Å². The van der Waals surface area contributed by atoms with E-state index in [2.05, 4.69) is 54.0 Å². The zero-order chi connectivity index (χ0) is 15.3. The molecule has 0 spiro atoms. The van der Waals surface area contributed by atoms with Gasteiger partial charge in [-0.05, 0) is 38.8 Å². The molecule has 0 amide bonds. The third kappa shape index (κ3) is 9.91. The fourth-order valence-electron chi connectivity index (χ4n) is 1.41. The van der Waals surface area contributed by atoms with Gasteiger partial charge in [0.05, 0.1) is 0 Å². The van der Waals surface area contributed by atoms with Crippen molar-refractivity contribution in [1.82, 2.24) is 0 Å². The molecule has 19 heavy (non-hydrogen) atoms. The number of hydrogen-bond donors (Lipinski definition) is 0. The average molecular weight is 430 g/mol. The Balaban J connectivity index is -0.000000107. The van der Waals surface area contributed by atoms with Gasteiger partial charge >= 0.3 is 22.6 Å². The van der Waals surface area contributed by atoms with Crippen molar-refractivity contribution in [3.8, 4) is 0 Å². The molecule has 0 heterocycles. The van der Waals surface area contributed by atoms with Crippen LogP contribution in [0, 0.1) is 25.3 Å². The van der Waals surface area contributed by atoms with Crippen LogP contribution >= 0.6 is 0 Å². The minimum absolute atomic E-state index is 0. The van der Waals surface area contributed by atoms with Crippen molar-refractivity contribution in [2.75, 3.05) is 0 Å². The van der Waals surface area contributed by atoms with Crippen LogP contribution in [0.15, 0.2) is 28.4 Å². The zero-order valence-corrected chi connectivity index (χ0v) is 15.7. The molecule has 0 saturated heterocycles. The van der Waals surface area contributed by atoms with Gasteiger partial charge in [0.15, 0.2) is 0 Å². The molecule has 1 aliphatic carbocycles. The van der Waals surface area contributed by atoms with E-state index in [0.717, 1.165) is 0 Å². The van der Waals surface area contributed by atoms with Crippen molar-refractivity contribution in [3.63, 3.8) is 0 Å². The zero-order valence-electron chi connectivity index (χ0n) is 12.8. The van der Waals surface area contributed by atoms with Gasteiger partial charge in [-0.2, -0.15) is 6.92 Å². The Morgan fingerprint density at radius 1 is 0.789 bits per heavy atom. The van der Waals surface area contributed by atoms with Crippen molar-refractivity contribution in [1.29, 1.82) is 0 Å². The molecule has 0 unspecified atom stereocenters. The fraction of sp³-hybridized carbons (Fsp3) is 0.438. The molecule has 0 atom stereocenters. The molecular formula is C16H22O2W-.